The number of hydrogen-bond acceptors (Lipinski definition) is 11. The molecule has 2 aromatic carbocycles. The molecular weight excluding hydrogens is 937 g/mol. The van der Waals surface area contributed by atoms with Crippen LogP contribution in [0.15, 0.2) is 60.8 Å². The van der Waals surface area contributed by atoms with Crippen LogP contribution in [0.1, 0.15) is 97.1 Å². The fourth-order valence-corrected chi connectivity index (χ4v) is 11.0. The van der Waals surface area contributed by atoms with E-state index in [4.69, 9.17) is 19.2 Å². The largest absolute Gasteiger partial charge is 0.467 e. The Morgan fingerprint density at radius 1 is 1.04 bits per heavy atom. The molecule has 16 nitrogen and oxygen atoms in total. The second kappa shape index (κ2) is 24.0. The van der Waals surface area contributed by atoms with E-state index in [1.54, 1.807) is 30.3 Å². The van der Waals surface area contributed by atoms with Crippen LogP contribution < -0.4 is 10.7 Å². The Bertz CT molecular complexity index is 2730. The lowest BCUT2D eigenvalue weighted by atomic mass is 9.84. The molecule has 7 rings (SSSR count). The lowest BCUT2D eigenvalue weighted by molar-refractivity contribution is -0.146. The van der Waals surface area contributed by atoms with Crippen LogP contribution in [0, 0.1) is 29.1 Å². The average Bonchev–Trinajstić information content (AvgIpc) is 4.15. The number of nitrogens with one attached hydrogen (secondary N) is 2. The van der Waals surface area contributed by atoms with Crippen LogP contribution in [0.4, 0.5) is 0 Å². The molecule has 4 amide bonds. The van der Waals surface area contributed by atoms with Gasteiger partial charge in [-0.3, -0.25) is 38.9 Å². The quantitative estimate of drug-likeness (QED) is 0.0784. The second-order valence-electron chi connectivity index (χ2n) is 21.8. The number of pyridine rings is 1. The normalized spacial score (nSPS) is 20.3. The average molecular weight is 1020 g/mol. The number of likely N-dealkylation sites (tertiary alicyclic amines) is 1. The summed E-state index contributed by atoms with van der Waals surface area (Å²) in [7, 11) is 7.18. The molecule has 1 unspecified atom stereocenters. The number of rotatable bonds is 19. The Kier molecular flexibility index (Phi) is 18.1. The third-order valence-corrected chi connectivity index (χ3v) is 15.2. The molecule has 3 aliphatic heterocycles. The van der Waals surface area contributed by atoms with E-state index in [0.29, 0.717) is 58.6 Å². The van der Waals surface area contributed by atoms with Crippen molar-refractivity contribution in [3.63, 3.8) is 0 Å². The zero-order valence-corrected chi connectivity index (χ0v) is 45.5. The van der Waals surface area contributed by atoms with E-state index < -0.39 is 34.9 Å². The van der Waals surface area contributed by atoms with Crippen molar-refractivity contribution in [2.45, 2.75) is 123 Å². The minimum atomic E-state index is -0.955. The minimum absolute atomic E-state index is 0.0772. The monoisotopic (exact) mass is 1010 g/mol. The number of nitrogens with zero attached hydrogens (tertiary/aromatic N) is 6. The highest BCUT2D eigenvalue weighted by Gasteiger charge is 2.40. The first kappa shape index (κ1) is 55.6. The Hall–Kier alpha value is -6.12. The van der Waals surface area contributed by atoms with Gasteiger partial charge in [0.2, 0.25) is 11.8 Å². The first-order valence-corrected chi connectivity index (χ1v) is 26.3. The predicted molar refractivity (Wildman–Crippen MR) is 286 cm³/mol. The van der Waals surface area contributed by atoms with E-state index in [9.17, 15) is 24.0 Å². The molecule has 3 aliphatic rings. The Morgan fingerprint density at radius 2 is 1.81 bits per heavy atom. The van der Waals surface area contributed by atoms with Gasteiger partial charge in [0, 0.05) is 93.9 Å². The van der Waals surface area contributed by atoms with Gasteiger partial charge >= 0.3 is 0 Å². The van der Waals surface area contributed by atoms with Crippen molar-refractivity contribution in [1.29, 1.82) is 0 Å². The van der Waals surface area contributed by atoms with Crippen LogP contribution in [0.3, 0.4) is 0 Å². The first-order chi connectivity index (χ1) is 35.3. The van der Waals surface area contributed by atoms with Gasteiger partial charge in [0.15, 0.2) is 0 Å². The maximum absolute atomic E-state index is 14.7. The lowest BCUT2D eigenvalue weighted by Gasteiger charge is -2.36. The van der Waals surface area contributed by atoms with Gasteiger partial charge in [-0.2, -0.15) is 0 Å². The molecule has 4 aromatic rings. The number of amides is 4. The number of aryl methyl sites for hydroxylation is 1. The van der Waals surface area contributed by atoms with Crippen molar-refractivity contribution in [1.82, 2.24) is 40.0 Å². The number of ether oxygens (including phenoxy) is 3. The number of carbonyl (C=O) groups is 5. The van der Waals surface area contributed by atoms with Crippen molar-refractivity contribution in [2.75, 3.05) is 67.7 Å². The van der Waals surface area contributed by atoms with Crippen molar-refractivity contribution in [3.05, 3.63) is 77.6 Å². The number of likely N-dealkylation sites (N-methyl/N-ethyl adjacent to an activating group) is 2. The predicted octanol–water partition coefficient (Wildman–Crippen LogP) is 6.44. The molecule has 74 heavy (non-hydrogen) atoms. The Labute approximate surface area is 437 Å². The molecule has 0 saturated carbocycles. The van der Waals surface area contributed by atoms with Gasteiger partial charge in [-0.1, -0.05) is 63.9 Å². The summed E-state index contributed by atoms with van der Waals surface area (Å²) in [5.74, 6) is 3.96. The summed E-state index contributed by atoms with van der Waals surface area (Å²) in [6.07, 6.45) is 5.23. The maximum Gasteiger partial charge on any atom is 0.298 e. The van der Waals surface area contributed by atoms with Crippen molar-refractivity contribution in [3.8, 4) is 34.2 Å². The van der Waals surface area contributed by atoms with E-state index >= 15 is 0 Å². The van der Waals surface area contributed by atoms with Crippen LogP contribution in [0.25, 0.3) is 33.3 Å². The number of fused-ring (bicyclic) bond motifs is 1. The molecule has 5 heterocycles. The Balaban J connectivity index is 1.17. The number of benzene rings is 2. The van der Waals surface area contributed by atoms with E-state index in [1.165, 1.54) is 4.90 Å². The van der Waals surface area contributed by atoms with Crippen molar-refractivity contribution < 1.29 is 38.2 Å². The zero-order chi connectivity index (χ0) is 53.5. The van der Waals surface area contributed by atoms with E-state index in [0.717, 1.165) is 62.9 Å². The molecule has 6 atom stereocenters. The van der Waals surface area contributed by atoms with Gasteiger partial charge in [-0.05, 0) is 119 Å². The highest BCUT2D eigenvalue weighted by atomic mass is 16.5. The summed E-state index contributed by atoms with van der Waals surface area (Å²) < 4.78 is 19.1. The number of hydrogen-bond donors (Lipinski definition) is 2. The topological polar surface area (TPSA) is 168 Å². The molecule has 3 saturated heterocycles. The summed E-state index contributed by atoms with van der Waals surface area (Å²) in [5.41, 5.74) is 10.2. The van der Waals surface area contributed by atoms with Crippen LogP contribution in [0.5, 0.6) is 0 Å². The molecular formula is C58H78N8O8. The zero-order valence-electron chi connectivity index (χ0n) is 45.5. The standard InChI is InChI=1S/C58H78N8O8/c1-12-65-49-21-20-43(32-46(49)47(33-57(6,7)35-74-37-67)53(65)45-19-14-26-59-51(45)40(5)72-11)42-18-13-17-41(30-42)31-48(56(71)66-27-15-16-39(4)61-66)60-54(69)52(38(2)3)63(10)55(70)44-23-28-64(34-44)50(68)22-24-58(62(8)9)25-29-73-36-58/h13-14,17-21,26,30,32,37-40,44,48,52,61H,12,15-16,23,25,27-29,31,33-36H2,1-11H3,(H,60,69)/t39-,40+,44+,48+,52?,58-/m1/s1. The molecule has 16 heteroatoms. The third kappa shape index (κ3) is 12.3. The van der Waals surface area contributed by atoms with Gasteiger partial charge in [-0.25, -0.2) is 5.43 Å². The summed E-state index contributed by atoms with van der Waals surface area (Å²) in [6.45, 7) is 17.7. The van der Waals surface area contributed by atoms with Gasteiger partial charge < -0.3 is 33.9 Å². The molecule has 0 bridgehead atoms. The number of methoxy groups -OCH3 is 1. The minimum Gasteiger partial charge on any atom is -0.467 e. The van der Waals surface area contributed by atoms with E-state index in [-0.39, 0.29) is 55.4 Å². The summed E-state index contributed by atoms with van der Waals surface area (Å²) in [6, 6.07) is 16.8. The van der Waals surface area contributed by atoms with Crippen LogP contribution in [0.2, 0.25) is 0 Å². The molecule has 0 spiro atoms. The first-order valence-electron chi connectivity index (χ1n) is 26.3. The van der Waals surface area contributed by atoms with E-state index in [1.807, 2.05) is 64.9 Å². The summed E-state index contributed by atoms with van der Waals surface area (Å²) in [5, 5.41) is 5.82. The number of aromatic nitrogens is 2. The maximum atomic E-state index is 14.7. The van der Waals surface area contributed by atoms with E-state index in [2.05, 4.69) is 84.3 Å². The molecule has 3 fully saturated rings. The highest BCUT2D eigenvalue weighted by Crippen LogP contribution is 2.42. The third-order valence-electron chi connectivity index (χ3n) is 15.2. The van der Waals surface area contributed by atoms with Crippen LogP contribution in [-0.4, -0.2) is 151 Å². The molecule has 398 valence electrons. The van der Waals surface area contributed by atoms with Crippen LogP contribution >= 0.6 is 0 Å². The lowest BCUT2D eigenvalue weighted by Crippen LogP contribution is -2.60. The highest BCUT2D eigenvalue weighted by molar-refractivity contribution is 5.97. The smallest absolute Gasteiger partial charge is 0.298 e. The van der Waals surface area contributed by atoms with Crippen molar-refractivity contribution in [2.24, 2.45) is 17.3 Å². The molecule has 0 aliphatic carbocycles. The number of carbonyl (C=O) groups excluding carboxylic acids is 5. The van der Waals surface area contributed by atoms with Crippen LogP contribution in [-0.2, 0) is 57.6 Å². The molecule has 2 N–H and O–H groups in total. The molecule has 0 radical (unpaired) electrons. The van der Waals surface area contributed by atoms with Gasteiger partial charge in [0.25, 0.3) is 18.3 Å². The van der Waals surface area contributed by atoms with Crippen molar-refractivity contribution >= 4 is 41.0 Å². The molecule has 2 aromatic heterocycles. The summed E-state index contributed by atoms with van der Waals surface area (Å²) >= 11 is 0. The van der Waals surface area contributed by atoms with Gasteiger partial charge in [0.05, 0.1) is 36.6 Å². The second-order valence-corrected chi connectivity index (χ2v) is 21.8. The fraction of sp³-hybridized carbons (Fsp3) is 0.552. The summed E-state index contributed by atoms with van der Waals surface area (Å²) in [4.78, 5) is 78.2. The van der Waals surface area contributed by atoms with Gasteiger partial charge in [0.1, 0.15) is 17.6 Å². The Morgan fingerprint density at radius 3 is 2.49 bits per heavy atom. The van der Waals surface area contributed by atoms with Gasteiger partial charge in [-0.15, -0.1) is 0 Å². The SMILES string of the molecule is CCn1c(-c2cccnc2[C@H](C)OC)c(CC(C)(C)COC=O)c2cc(-c3cccc(C[C@H](NC(=O)C(C(C)C)N(C)C(=O)[C@H]4CCN(C(=O)C#C[C@@]5(N(C)C)CCOC5)C4)C(=O)N4CCC[C@@H](C)N4)c3)ccc21. The number of hydrazine groups is 1. The fourth-order valence-electron chi connectivity index (χ4n) is 11.0.